The molecule has 0 saturated carbocycles. The molecule has 6 heteroatoms. The number of ether oxygens (including phenoxy) is 2. The van der Waals surface area contributed by atoms with Gasteiger partial charge in [0.25, 0.3) is 0 Å². The van der Waals surface area contributed by atoms with Crippen molar-refractivity contribution in [2.24, 2.45) is 0 Å². The molecule has 0 bridgehead atoms. The number of carbonyl (C=O) groups is 1. The Bertz CT molecular complexity index is 920. The fraction of sp³-hybridized carbons (Fsp3) is 0.368. The van der Waals surface area contributed by atoms with Crippen LogP contribution >= 0.6 is 0 Å². The summed E-state index contributed by atoms with van der Waals surface area (Å²) in [6.45, 7) is 2.35. The van der Waals surface area contributed by atoms with Crippen molar-refractivity contribution < 1.29 is 23.1 Å². The maximum Gasteiger partial charge on any atom is 0.336 e. The Labute approximate surface area is 144 Å². The SMILES string of the molecule is CC(=O)OCCCCCCOc1c2occc2cc2ccc(=O)oc12. The fourth-order valence-electron chi connectivity index (χ4n) is 2.69. The minimum Gasteiger partial charge on any atom is -0.486 e. The van der Waals surface area contributed by atoms with E-state index in [2.05, 4.69) is 0 Å². The van der Waals surface area contributed by atoms with E-state index in [9.17, 15) is 9.59 Å². The lowest BCUT2D eigenvalue weighted by Gasteiger charge is -2.09. The molecule has 2 aromatic heterocycles. The molecule has 0 aliphatic rings. The fourth-order valence-corrected chi connectivity index (χ4v) is 2.69. The number of benzene rings is 1. The third kappa shape index (κ3) is 4.21. The highest BCUT2D eigenvalue weighted by Crippen LogP contribution is 2.35. The number of hydrogen-bond acceptors (Lipinski definition) is 6. The van der Waals surface area contributed by atoms with E-state index in [4.69, 9.17) is 18.3 Å². The van der Waals surface area contributed by atoms with E-state index < -0.39 is 5.63 Å². The van der Waals surface area contributed by atoms with Gasteiger partial charge < -0.3 is 18.3 Å². The smallest absolute Gasteiger partial charge is 0.336 e. The molecule has 132 valence electrons. The number of furan rings is 1. The third-order valence-electron chi connectivity index (χ3n) is 3.87. The van der Waals surface area contributed by atoms with Gasteiger partial charge in [0, 0.05) is 23.8 Å². The van der Waals surface area contributed by atoms with Crippen LogP contribution in [0.25, 0.3) is 21.9 Å². The molecule has 3 rings (SSSR count). The van der Waals surface area contributed by atoms with Gasteiger partial charge in [-0.2, -0.15) is 0 Å². The van der Waals surface area contributed by atoms with Gasteiger partial charge in [0.2, 0.25) is 5.75 Å². The van der Waals surface area contributed by atoms with Crippen LogP contribution in [0.2, 0.25) is 0 Å². The molecule has 0 saturated heterocycles. The lowest BCUT2D eigenvalue weighted by molar-refractivity contribution is -0.141. The van der Waals surface area contributed by atoms with Crippen LogP contribution in [0.15, 0.2) is 44.2 Å². The van der Waals surface area contributed by atoms with Crippen LogP contribution in [0.5, 0.6) is 5.75 Å². The summed E-state index contributed by atoms with van der Waals surface area (Å²) < 4.78 is 21.6. The first kappa shape index (κ1) is 17.1. The van der Waals surface area contributed by atoms with Gasteiger partial charge in [0.1, 0.15) is 0 Å². The average molecular weight is 344 g/mol. The van der Waals surface area contributed by atoms with E-state index in [1.807, 2.05) is 12.1 Å². The molecule has 0 unspecified atom stereocenters. The van der Waals surface area contributed by atoms with Crippen molar-refractivity contribution >= 4 is 27.9 Å². The maximum atomic E-state index is 11.5. The van der Waals surface area contributed by atoms with Crippen molar-refractivity contribution in [2.45, 2.75) is 32.6 Å². The van der Waals surface area contributed by atoms with E-state index in [0.29, 0.717) is 30.1 Å². The third-order valence-corrected chi connectivity index (χ3v) is 3.87. The summed E-state index contributed by atoms with van der Waals surface area (Å²) >= 11 is 0. The van der Waals surface area contributed by atoms with Gasteiger partial charge in [-0.15, -0.1) is 0 Å². The summed E-state index contributed by atoms with van der Waals surface area (Å²) in [5.74, 6) is 0.221. The van der Waals surface area contributed by atoms with Gasteiger partial charge >= 0.3 is 11.6 Å². The maximum absolute atomic E-state index is 11.5. The number of hydrogen-bond donors (Lipinski definition) is 0. The Morgan fingerprint density at radius 3 is 2.56 bits per heavy atom. The molecule has 0 atom stereocenters. The largest absolute Gasteiger partial charge is 0.486 e. The summed E-state index contributed by atoms with van der Waals surface area (Å²) in [6, 6.07) is 6.86. The first-order valence-corrected chi connectivity index (χ1v) is 8.35. The molecule has 3 aromatic rings. The van der Waals surface area contributed by atoms with Gasteiger partial charge in [-0.1, -0.05) is 0 Å². The zero-order valence-corrected chi connectivity index (χ0v) is 14.1. The lowest BCUT2D eigenvalue weighted by Crippen LogP contribution is -2.02. The summed E-state index contributed by atoms with van der Waals surface area (Å²) in [6.07, 6.45) is 5.18. The first-order valence-electron chi connectivity index (χ1n) is 8.35. The van der Waals surface area contributed by atoms with Crippen molar-refractivity contribution in [3.63, 3.8) is 0 Å². The molecule has 25 heavy (non-hydrogen) atoms. The molecule has 0 fully saturated rings. The second-order valence-corrected chi connectivity index (χ2v) is 5.82. The number of carbonyl (C=O) groups excluding carboxylic acids is 1. The topological polar surface area (TPSA) is 78.9 Å². The van der Waals surface area contributed by atoms with E-state index in [-0.39, 0.29) is 5.97 Å². The van der Waals surface area contributed by atoms with Crippen LogP contribution in [0.3, 0.4) is 0 Å². The molecule has 0 spiro atoms. The van der Waals surface area contributed by atoms with Crippen LogP contribution in [0.4, 0.5) is 0 Å². The summed E-state index contributed by atoms with van der Waals surface area (Å²) in [4.78, 5) is 22.2. The number of esters is 1. The highest BCUT2D eigenvalue weighted by atomic mass is 16.5. The number of rotatable bonds is 8. The Hall–Kier alpha value is -2.76. The minimum atomic E-state index is -0.422. The summed E-state index contributed by atoms with van der Waals surface area (Å²) in [5, 5.41) is 1.70. The van der Waals surface area contributed by atoms with Crippen LogP contribution < -0.4 is 10.4 Å². The molecule has 0 radical (unpaired) electrons. The molecule has 1 aromatic carbocycles. The molecule has 6 nitrogen and oxygen atoms in total. The Kier molecular flexibility index (Phi) is 5.38. The molecular formula is C19H20O6. The van der Waals surface area contributed by atoms with Crippen molar-refractivity contribution in [1.29, 1.82) is 0 Å². The Morgan fingerprint density at radius 2 is 1.76 bits per heavy atom. The minimum absolute atomic E-state index is 0.247. The number of unbranched alkanes of at least 4 members (excludes halogenated alkanes) is 3. The normalized spacial score (nSPS) is 11.1. The van der Waals surface area contributed by atoms with Gasteiger partial charge in [0.15, 0.2) is 11.2 Å². The Balaban J connectivity index is 1.62. The van der Waals surface area contributed by atoms with Crippen molar-refractivity contribution in [3.05, 3.63) is 40.9 Å². The molecular weight excluding hydrogens is 324 g/mol. The molecule has 2 heterocycles. The monoisotopic (exact) mass is 344 g/mol. The van der Waals surface area contributed by atoms with Crippen LogP contribution in [0.1, 0.15) is 32.6 Å². The van der Waals surface area contributed by atoms with Crippen molar-refractivity contribution in [2.75, 3.05) is 13.2 Å². The zero-order chi connectivity index (χ0) is 17.6. The van der Waals surface area contributed by atoms with Gasteiger partial charge in [-0.05, 0) is 43.9 Å². The van der Waals surface area contributed by atoms with Crippen LogP contribution in [-0.2, 0) is 9.53 Å². The van der Waals surface area contributed by atoms with Gasteiger partial charge in [0.05, 0.1) is 19.5 Å². The van der Waals surface area contributed by atoms with E-state index in [1.54, 1.807) is 12.3 Å². The quantitative estimate of drug-likeness (QED) is 0.348. The van der Waals surface area contributed by atoms with E-state index in [0.717, 1.165) is 36.5 Å². The highest BCUT2D eigenvalue weighted by Gasteiger charge is 2.14. The molecule has 0 amide bonds. The van der Waals surface area contributed by atoms with E-state index in [1.165, 1.54) is 13.0 Å². The second-order valence-electron chi connectivity index (χ2n) is 5.82. The van der Waals surface area contributed by atoms with Crippen LogP contribution in [-0.4, -0.2) is 19.2 Å². The first-order chi connectivity index (χ1) is 12.1. The van der Waals surface area contributed by atoms with Crippen LogP contribution in [0, 0.1) is 0 Å². The van der Waals surface area contributed by atoms with Crippen molar-refractivity contribution in [3.8, 4) is 5.75 Å². The molecule has 0 aliphatic carbocycles. The Morgan fingerprint density at radius 1 is 1.00 bits per heavy atom. The van der Waals surface area contributed by atoms with Gasteiger partial charge in [-0.25, -0.2) is 4.79 Å². The summed E-state index contributed by atoms with van der Waals surface area (Å²) in [7, 11) is 0. The molecule has 0 aliphatic heterocycles. The van der Waals surface area contributed by atoms with Gasteiger partial charge in [-0.3, -0.25) is 4.79 Å². The van der Waals surface area contributed by atoms with Crippen molar-refractivity contribution in [1.82, 2.24) is 0 Å². The molecule has 0 N–H and O–H groups in total. The average Bonchev–Trinajstić information content (AvgIpc) is 3.04. The predicted molar refractivity (Wildman–Crippen MR) is 92.9 cm³/mol. The number of fused-ring (bicyclic) bond motifs is 2. The lowest BCUT2D eigenvalue weighted by atomic mass is 10.1. The predicted octanol–water partition coefficient (Wildman–Crippen LogP) is 4.04. The highest BCUT2D eigenvalue weighted by molar-refractivity contribution is 5.99. The standard InChI is InChI=1S/C19H20O6/c1-13(20)22-9-4-2-3-5-10-23-19-17-15(8-11-24-17)12-14-6-7-16(21)25-18(14)19/h6-8,11-12H,2-5,9-10H2,1H3. The summed E-state index contributed by atoms with van der Waals surface area (Å²) in [5.41, 5.74) is 0.565. The zero-order valence-electron chi connectivity index (χ0n) is 14.1. The van der Waals surface area contributed by atoms with E-state index >= 15 is 0 Å². The second kappa shape index (κ2) is 7.88.